The van der Waals surface area contributed by atoms with Gasteiger partial charge in [0.05, 0.1) is 0 Å². The number of hydrogen-bond donors (Lipinski definition) is 1. The third kappa shape index (κ3) is 3.73. The zero-order valence-electron chi connectivity index (χ0n) is 5.92. The Hall–Kier alpha value is 0.682. The Kier molecular flexibility index (Phi) is 5.68. The summed E-state index contributed by atoms with van der Waals surface area (Å²) in [5.74, 6) is 0.104. The number of benzene rings is 1. The smallest absolute Gasteiger partial charge is 0.115 e. The minimum Gasteiger partial charge on any atom is -0.508 e. The van der Waals surface area contributed by atoms with Crippen molar-refractivity contribution in [2.24, 2.45) is 0 Å². The van der Waals surface area contributed by atoms with Gasteiger partial charge in [-0.1, -0.05) is 34.6 Å². The quantitative estimate of drug-likeness (QED) is 0.686. The van der Waals surface area contributed by atoms with Crippen molar-refractivity contribution in [3.05, 3.63) is 40.9 Å². The standard InChI is InChI=1S/C8H7BrO.Ac/c1-6(10)7-2-4-8(9)5-3-7;/h2-5,10H,1H2;. The molecule has 1 radical (unpaired) electrons. The zero-order chi connectivity index (χ0) is 7.56. The van der Waals surface area contributed by atoms with Crippen LogP contribution in [-0.2, 0) is 0 Å². The van der Waals surface area contributed by atoms with E-state index in [1.165, 1.54) is 0 Å². The Balaban J connectivity index is 0.000001000. The van der Waals surface area contributed by atoms with E-state index in [0.717, 1.165) is 10.0 Å². The van der Waals surface area contributed by atoms with E-state index < -0.39 is 0 Å². The summed E-state index contributed by atoms with van der Waals surface area (Å²) in [5, 5.41) is 8.90. The summed E-state index contributed by atoms with van der Waals surface area (Å²) in [4.78, 5) is 0. The van der Waals surface area contributed by atoms with Crippen LogP contribution in [0.2, 0.25) is 0 Å². The molecule has 1 N–H and O–H groups in total. The molecule has 3 heteroatoms. The molecule has 0 saturated carbocycles. The summed E-state index contributed by atoms with van der Waals surface area (Å²) in [6.45, 7) is 3.40. The van der Waals surface area contributed by atoms with Gasteiger partial charge in [-0.25, -0.2) is 0 Å². The first kappa shape index (κ1) is 11.7. The normalized spacial score (nSPS) is 8.45. The van der Waals surface area contributed by atoms with Crippen LogP contribution in [-0.4, -0.2) is 5.11 Å². The van der Waals surface area contributed by atoms with E-state index in [2.05, 4.69) is 22.5 Å². The monoisotopic (exact) mass is 425 g/mol. The molecule has 0 saturated heterocycles. The van der Waals surface area contributed by atoms with Gasteiger partial charge in [-0.2, -0.15) is 0 Å². The zero-order valence-corrected chi connectivity index (χ0v) is 12.3. The van der Waals surface area contributed by atoms with E-state index in [-0.39, 0.29) is 49.8 Å². The molecule has 0 aliphatic heterocycles. The minimum absolute atomic E-state index is 0. The molecule has 1 aromatic carbocycles. The van der Waals surface area contributed by atoms with Crippen molar-refractivity contribution in [3.8, 4) is 0 Å². The number of hydrogen-bond acceptors (Lipinski definition) is 1. The van der Waals surface area contributed by atoms with E-state index in [1.54, 1.807) is 12.1 Å². The fourth-order valence-electron chi connectivity index (χ4n) is 0.642. The van der Waals surface area contributed by atoms with Crippen LogP contribution < -0.4 is 0 Å². The topological polar surface area (TPSA) is 20.2 Å². The number of aliphatic hydroxyl groups excluding tert-OH is 1. The number of halogens is 1. The Morgan fingerprint density at radius 3 is 2.09 bits per heavy atom. The predicted octanol–water partition coefficient (Wildman–Crippen LogP) is 2.98. The maximum atomic E-state index is 8.90. The van der Waals surface area contributed by atoms with E-state index >= 15 is 0 Å². The molecule has 0 aromatic heterocycles. The van der Waals surface area contributed by atoms with E-state index in [0.29, 0.717) is 0 Å². The van der Waals surface area contributed by atoms with Gasteiger partial charge in [-0.15, -0.1) is 0 Å². The molecule has 1 rings (SSSR count). The van der Waals surface area contributed by atoms with Gasteiger partial charge < -0.3 is 5.11 Å². The number of rotatable bonds is 1. The third-order valence-electron chi connectivity index (χ3n) is 1.18. The van der Waals surface area contributed by atoms with Crippen molar-refractivity contribution < 1.29 is 49.2 Å². The molecule has 1 aromatic rings. The van der Waals surface area contributed by atoms with E-state index in [1.807, 2.05) is 12.1 Å². The number of aliphatic hydroxyl groups is 1. The minimum atomic E-state index is 0. The van der Waals surface area contributed by atoms with Crippen molar-refractivity contribution in [1.29, 1.82) is 0 Å². The maximum absolute atomic E-state index is 8.90. The van der Waals surface area contributed by atoms with Gasteiger partial charge in [-0.05, 0) is 12.1 Å². The summed E-state index contributed by atoms with van der Waals surface area (Å²) < 4.78 is 0.998. The fraction of sp³-hybridized carbons (Fsp3) is 0. The first-order valence-corrected chi connectivity index (χ1v) is 3.63. The average Bonchev–Trinajstić information content (AvgIpc) is 1.88. The summed E-state index contributed by atoms with van der Waals surface area (Å²) in [6, 6.07) is 7.31. The molecule has 11 heavy (non-hydrogen) atoms. The van der Waals surface area contributed by atoms with Crippen LogP contribution in [0.15, 0.2) is 35.3 Å². The van der Waals surface area contributed by atoms with Gasteiger partial charge in [0.15, 0.2) is 0 Å². The third-order valence-corrected chi connectivity index (χ3v) is 1.71. The molecule has 0 spiro atoms. The van der Waals surface area contributed by atoms with E-state index in [9.17, 15) is 0 Å². The molecule has 1 nitrogen and oxygen atoms in total. The van der Waals surface area contributed by atoms with Crippen LogP contribution in [0.3, 0.4) is 0 Å². The molecule has 0 atom stereocenters. The first-order chi connectivity index (χ1) is 4.70. The predicted molar refractivity (Wildman–Crippen MR) is 45.8 cm³/mol. The van der Waals surface area contributed by atoms with Gasteiger partial charge in [0, 0.05) is 54.1 Å². The second-order valence-electron chi connectivity index (χ2n) is 1.95. The van der Waals surface area contributed by atoms with Crippen molar-refractivity contribution in [3.63, 3.8) is 0 Å². The SMILES string of the molecule is C=C(O)c1ccc(Br)cc1.[Ac]. The van der Waals surface area contributed by atoms with Crippen LogP contribution in [0.1, 0.15) is 5.56 Å². The Bertz CT molecular complexity index is 243. The Labute approximate surface area is 110 Å². The molecule has 0 aliphatic carbocycles. The van der Waals surface area contributed by atoms with Crippen molar-refractivity contribution in [2.45, 2.75) is 0 Å². The van der Waals surface area contributed by atoms with Crippen LogP contribution in [0.25, 0.3) is 5.76 Å². The van der Waals surface area contributed by atoms with Crippen LogP contribution in [0.5, 0.6) is 0 Å². The molecular formula is C8H7AcBrO. The van der Waals surface area contributed by atoms with Crippen LogP contribution in [0.4, 0.5) is 0 Å². The molecule has 0 heterocycles. The molecule has 0 amide bonds. The summed E-state index contributed by atoms with van der Waals surface area (Å²) >= 11 is 3.28. The summed E-state index contributed by atoms with van der Waals surface area (Å²) in [5.41, 5.74) is 0.753. The van der Waals surface area contributed by atoms with Crippen LogP contribution >= 0.6 is 15.9 Å². The first-order valence-electron chi connectivity index (χ1n) is 2.84. The van der Waals surface area contributed by atoms with Crippen LogP contribution in [0, 0.1) is 44.1 Å². The van der Waals surface area contributed by atoms with E-state index in [4.69, 9.17) is 5.11 Å². The van der Waals surface area contributed by atoms with Crippen molar-refractivity contribution in [2.75, 3.05) is 0 Å². The summed E-state index contributed by atoms with van der Waals surface area (Å²) in [6.07, 6.45) is 0. The molecular weight excluding hydrogens is 419 g/mol. The Morgan fingerprint density at radius 1 is 1.27 bits per heavy atom. The van der Waals surface area contributed by atoms with Gasteiger partial charge in [0.1, 0.15) is 5.76 Å². The maximum Gasteiger partial charge on any atom is 0.115 e. The summed E-state index contributed by atoms with van der Waals surface area (Å²) in [7, 11) is 0. The Morgan fingerprint density at radius 2 is 1.73 bits per heavy atom. The van der Waals surface area contributed by atoms with Gasteiger partial charge in [0.2, 0.25) is 0 Å². The largest absolute Gasteiger partial charge is 0.508 e. The molecule has 55 valence electrons. The molecule has 0 bridgehead atoms. The molecule has 0 aliphatic rings. The fourth-order valence-corrected chi connectivity index (χ4v) is 0.907. The molecule has 0 unspecified atom stereocenters. The second-order valence-corrected chi connectivity index (χ2v) is 2.87. The second kappa shape index (κ2) is 5.35. The van der Waals surface area contributed by atoms with Crippen molar-refractivity contribution >= 4 is 21.7 Å². The van der Waals surface area contributed by atoms with Crippen molar-refractivity contribution in [1.82, 2.24) is 0 Å². The molecule has 0 fully saturated rings. The van der Waals surface area contributed by atoms with Gasteiger partial charge >= 0.3 is 0 Å². The van der Waals surface area contributed by atoms with Gasteiger partial charge in [0.25, 0.3) is 0 Å². The van der Waals surface area contributed by atoms with Gasteiger partial charge in [-0.3, -0.25) is 0 Å². The average molecular weight is 426 g/mol.